The second-order valence-corrected chi connectivity index (χ2v) is 6.32. The first-order valence-electron chi connectivity index (χ1n) is 7.82. The van der Waals surface area contributed by atoms with Crippen LogP contribution in [0.3, 0.4) is 0 Å². The minimum atomic E-state index is 0.0582. The maximum absolute atomic E-state index is 6.18. The molecule has 5 rings (SSSR count). The van der Waals surface area contributed by atoms with Crippen LogP contribution in [-0.2, 0) is 4.74 Å². The first-order chi connectivity index (χ1) is 10.6. The van der Waals surface area contributed by atoms with Gasteiger partial charge in [0.15, 0.2) is 0 Å². The van der Waals surface area contributed by atoms with Gasteiger partial charge in [0, 0.05) is 40.3 Å². The van der Waals surface area contributed by atoms with Gasteiger partial charge in [-0.05, 0) is 32.8 Å². The van der Waals surface area contributed by atoms with Crippen LogP contribution in [0.4, 0.5) is 5.69 Å². The molecule has 0 amide bonds. The van der Waals surface area contributed by atoms with Crippen LogP contribution in [-0.4, -0.2) is 16.8 Å². The van der Waals surface area contributed by atoms with Crippen molar-refractivity contribution in [3.63, 3.8) is 0 Å². The predicted molar refractivity (Wildman–Crippen MR) is 89.0 cm³/mol. The van der Waals surface area contributed by atoms with E-state index in [1.54, 1.807) is 0 Å². The number of fused-ring (bicyclic) bond motifs is 1. The summed E-state index contributed by atoms with van der Waals surface area (Å²) in [4.78, 5) is 6.91. The number of aliphatic imine (C=N–C) groups is 1. The predicted octanol–water partition coefficient (Wildman–Crippen LogP) is 3.83. The van der Waals surface area contributed by atoms with Gasteiger partial charge in [-0.2, -0.15) is 0 Å². The standard InChI is InChI=1S/C18H21N3O/c1-10-7-8-15(11(2)20-10)21-12(3)13-5-4-6-14(19)18(13)16-9-17(21)22-16/h4-6,16-17H,3,7-9,19H2,1-2H3. The van der Waals surface area contributed by atoms with E-state index < -0.39 is 0 Å². The highest BCUT2D eigenvalue weighted by molar-refractivity contribution is 5.84. The number of rotatable bonds is 1. The van der Waals surface area contributed by atoms with Crippen molar-refractivity contribution in [2.24, 2.45) is 4.99 Å². The van der Waals surface area contributed by atoms with E-state index in [1.165, 1.54) is 11.4 Å². The third-order valence-corrected chi connectivity index (χ3v) is 4.88. The number of nitrogens with two attached hydrogens (primary N) is 1. The molecular weight excluding hydrogens is 274 g/mol. The van der Waals surface area contributed by atoms with Crippen molar-refractivity contribution in [2.45, 2.75) is 45.4 Å². The average Bonchev–Trinajstić information content (AvgIpc) is 2.62. The van der Waals surface area contributed by atoms with E-state index in [9.17, 15) is 0 Å². The molecule has 22 heavy (non-hydrogen) atoms. The third-order valence-electron chi connectivity index (χ3n) is 4.88. The SMILES string of the molecule is C=C1c2cccc(N)c2C2CC(O2)N1C1=C(C)N=C(C)CC1. The Labute approximate surface area is 131 Å². The number of nitrogen functional groups attached to an aromatic ring is 1. The average molecular weight is 295 g/mol. The van der Waals surface area contributed by atoms with Crippen LogP contribution in [0.25, 0.3) is 5.70 Å². The molecule has 2 unspecified atom stereocenters. The quantitative estimate of drug-likeness (QED) is 0.801. The summed E-state index contributed by atoms with van der Waals surface area (Å²) in [5.41, 5.74) is 13.7. The highest BCUT2D eigenvalue weighted by Gasteiger charge is 2.44. The molecule has 1 fully saturated rings. The molecule has 0 radical (unpaired) electrons. The van der Waals surface area contributed by atoms with Crippen molar-refractivity contribution in [2.75, 3.05) is 5.73 Å². The number of nitrogens with zero attached hydrogens (tertiary/aromatic N) is 2. The molecule has 4 nitrogen and oxygen atoms in total. The van der Waals surface area contributed by atoms with Crippen LogP contribution in [0.15, 0.2) is 41.2 Å². The first kappa shape index (κ1) is 13.6. The summed E-state index contributed by atoms with van der Waals surface area (Å²) in [7, 11) is 0. The van der Waals surface area contributed by atoms with Crippen molar-refractivity contribution in [1.82, 2.24) is 4.90 Å². The summed E-state index contributed by atoms with van der Waals surface area (Å²) >= 11 is 0. The Kier molecular flexibility index (Phi) is 2.91. The van der Waals surface area contributed by atoms with E-state index in [0.29, 0.717) is 0 Å². The monoisotopic (exact) mass is 295 g/mol. The van der Waals surface area contributed by atoms with Gasteiger partial charge in [0.2, 0.25) is 0 Å². The minimum Gasteiger partial charge on any atom is -0.398 e. The molecule has 1 saturated heterocycles. The molecule has 0 aromatic heterocycles. The van der Waals surface area contributed by atoms with Gasteiger partial charge >= 0.3 is 0 Å². The van der Waals surface area contributed by atoms with Gasteiger partial charge in [0.25, 0.3) is 0 Å². The summed E-state index contributed by atoms with van der Waals surface area (Å²) in [6, 6.07) is 6.03. The van der Waals surface area contributed by atoms with Crippen LogP contribution in [0.2, 0.25) is 0 Å². The third kappa shape index (κ3) is 1.83. The van der Waals surface area contributed by atoms with E-state index in [2.05, 4.69) is 36.4 Å². The van der Waals surface area contributed by atoms with Gasteiger partial charge in [-0.3, -0.25) is 4.99 Å². The summed E-state index contributed by atoms with van der Waals surface area (Å²) in [5, 5.41) is 0. The molecule has 4 heterocycles. The molecule has 1 aromatic rings. The molecular formula is C18H21N3O. The van der Waals surface area contributed by atoms with Crippen molar-refractivity contribution in [1.29, 1.82) is 0 Å². The van der Waals surface area contributed by atoms with E-state index in [0.717, 1.165) is 47.5 Å². The fourth-order valence-electron chi connectivity index (χ4n) is 3.73. The molecule has 0 spiro atoms. The van der Waals surface area contributed by atoms with E-state index in [1.807, 2.05) is 12.1 Å². The molecule has 1 aromatic carbocycles. The fraction of sp³-hybridized carbons (Fsp3) is 0.389. The molecule has 2 atom stereocenters. The van der Waals surface area contributed by atoms with Gasteiger partial charge in [0.1, 0.15) is 6.23 Å². The van der Waals surface area contributed by atoms with Crippen molar-refractivity contribution in [3.8, 4) is 0 Å². The van der Waals surface area contributed by atoms with Crippen LogP contribution in [0, 0.1) is 0 Å². The maximum atomic E-state index is 6.18. The van der Waals surface area contributed by atoms with Crippen LogP contribution in [0.5, 0.6) is 0 Å². The lowest BCUT2D eigenvalue weighted by molar-refractivity contribution is -0.172. The Balaban J connectivity index is 1.83. The Morgan fingerprint density at radius 3 is 2.82 bits per heavy atom. The second-order valence-electron chi connectivity index (χ2n) is 6.32. The van der Waals surface area contributed by atoms with E-state index >= 15 is 0 Å². The summed E-state index contributed by atoms with van der Waals surface area (Å²) < 4.78 is 6.12. The Hall–Kier alpha value is -2.07. The summed E-state index contributed by atoms with van der Waals surface area (Å²) in [5.74, 6) is 0. The number of benzene rings is 1. The minimum absolute atomic E-state index is 0.0582. The fourth-order valence-corrected chi connectivity index (χ4v) is 3.73. The lowest BCUT2D eigenvalue weighted by atomic mass is 9.96. The van der Waals surface area contributed by atoms with Crippen molar-refractivity contribution in [3.05, 3.63) is 47.3 Å². The normalized spacial score (nSPS) is 27.1. The Morgan fingerprint density at radius 1 is 1.32 bits per heavy atom. The zero-order valence-electron chi connectivity index (χ0n) is 13.1. The van der Waals surface area contributed by atoms with Crippen LogP contribution < -0.4 is 5.73 Å². The first-order valence-corrected chi connectivity index (χ1v) is 7.82. The number of hydrogen-bond acceptors (Lipinski definition) is 4. The van der Waals surface area contributed by atoms with Crippen LogP contribution in [0.1, 0.15) is 50.3 Å². The zero-order chi connectivity index (χ0) is 15.4. The molecule has 4 aliphatic rings. The zero-order valence-corrected chi connectivity index (χ0v) is 13.1. The van der Waals surface area contributed by atoms with E-state index in [4.69, 9.17) is 10.5 Å². The molecule has 0 saturated carbocycles. The number of hydrogen-bond donors (Lipinski definition) is 1. The maximum Gasteiger partial charge on any atom is 0.137 e. The van der Waals surface area contributed by atoms with Gasteiger partial charge in [-0.25, -0.2) is 0 Å². The molecule has 4 heteroatoms. The summed E-state index contributed by atoms with van der Waals surface area (Å²) in [6.45, 7) is 8.51. The Bertz CT molecular complexity index is 726. The van der Waals surface area contributed by atoms with Crippen molar-refractivity contribution >= 4 is 17.1 Å². The van der Waals surface area contributed by atoms with Crippen molar-refractivity contribution < 1.29 is 4.74 Å². The largest absolute Gasteiger partial charge is 0.398 e. The Morgan fingerprint density at radius 2 is 2.09 bits per heavy atom. The lowest BCUT2D eigenvalue weighted by Crippen LogP contribution is -2.42. The van der Waals surface area contributed by atoms with Gasteiger partial charge < -0.3 is 15.4 Å². The number of ether oxygens (including phenoxy) is 1. The molecule has 2 bridgehead atoms. The number of anilines is 1. The molecule has 4 aliphatic heterocycles. The molecule has 114 valence electrons. The van der Waals surface area contributed by atoms with Gasteiger partial charge in [0.05, 0.1) is 11.8 Å². The van der Waals surface area contributed by atoms with Crippen LogP contribution >= 0.6 is 0 Å². The second kappa shape index (κ2) is 4.71. The molecule has 2 N–H and O–H groups in total. The van der Waals surface area contributed by atoms with Gasteiger partial charge in [-0.15, -0.1) is 0 Å². The summed E-state index contributed by atoms with van der Waals surface area (Å²) in [6.07, 6.45) is 3.10. The highest BCUT2D eigenvalue weighted by atomic mass is 16.5. The smallest absolute Gasteiger partial charge is 0.137 e. The molecule has 0 aliphatic carbocycles. The number of allylic oxidation sites excluding steroid dienone is 2. The van der Waals surface area contributed by atoms with E-state index in [-0.39, 0.29) is 12.3 Å². The highest BCUT2D eigenvalue weighted by Crippen LogP contribution is 2.50. The topological polar surface area (TPSA) is 50.9 Å². The van der Waals surface area contributed by atoms with Gasteiger partial charge in [-0.1, -0.05) is 18.7 Å². The lowest BCUT2D eigenvalue weighted by Gasteiger charge is -2.43.